The normalized spacial score (nSPS) is 31.4. The molecule has 11 nitrogen and oxygen atoms in total. The third-order valence-electron chi connectivity index (χ3n) is 12.5. The molecule has 2 aromatic rings. The lowest BCUT2D eigenvalue weighted by Gasteiger charge is -2.48. The average Bonchev–Trinajstić information content (AvgIpc) is 3.28. The summed E-state index contributed by atoms with van der Waals surface area (Å²) < 4.78 is 41.3. The number of allylic oxidation sites excluding steroid dienone is 1. The van der Waals surface area contributed by atoms with E-state index in [-0.39, 0.29) is 34.6 Å². The summed E-state index contributed by atoms with van der Waals surface area (Å²) in [5.41, 5.74) is 2.05. The molecule has 2 aromatic carbocycles. The minimum Gasteiger partial charge on any atom is -0.490 e. The van der Waals surface area contributed by atoms with E-state index in [1.807, 2.05) is 43.9 Å². The van der Waals surface area contributed by atoms with Crippen LogP contribution in [0.15, 0.2) is 48.6 Å². The molecule has 0 unspecified atom stereocenters. The number of carbonyl (C=O) groups excluding carboxylic acids is 3. The SMILES string of the molecule is CC(C)N1CCNCC1=O.CO[C@]1(C=O)/C=C/C[C@H](C)[C@@H](C)S(=O)(=O)NC(=O)c2ccc3c(c2)N(C[C@@H]2CC[C@H]21)C[C@@]1(CCCc2cc(Cl)ccc21)CO3. The fourth-order valence-corrected chi connectivity index (χ4v) is 10.3. The van der Waals surface area contributed by atoms with E-state index in [9.17, 15) is 22.8 Å². The van der Waals surface area contributed by atoms with Crippen molar-refractivity contribution in [2.45, 2.75) is 88.5 Å². The Morgan fingerprint density at radius 2 is 1.91 bits per heavy atom. The van der Waals surface area contributed by atoms with Gasteiger partial charge in [0.2, 0.25) is 15.9 Å². The molecule has 2 amide bonds. The molecule has 2 N–H and O–H groups in total. The Balaban J connectivity index is 0.000000432. The molecule has 2 bridgehead atoms. The monoisotopic (exact) mass is 782 g/mol. The lowest BCUT2D eigenvalue weighted by molar-refractivity contribution is -0.136. The van der Waals surface area contributed by atoms with Crippen LogP contribution in [-0.4, -0.2) is 94.8 Å². The third-order valence-corrected chi connectivity index (χ3v) is 14.6. The maximum atomic E-state index is 13.4. The Hall–Kier alpha value is -3.45. The van der Waals surface area contributed by atoms with Crippen LogP contribution >= 0.6 is 11.6 Å². The zero-order valence-corrected chi connectivity index (χ0v) is 33.7. The molecule has 13 heteroatoms. The van der Waals surface area contributed by atoms with Gasteiger partial charge in [0.25, 0.3) is 5.91 Å². The van der Waals surface area contributed by atoms with E-state index in [0.717, 1.165) is 57.2 Å². The van der Waals surface area contributed by atoms with Crippen LogP contribution in [0.25, 0.3) is 0 Å². The van der Waals surface area contributed by atoms with Gasteiger partial charge in [-0.1, -0.05) is 30.7 Å². The highest BCUT2D eigenvalue weighted by Gasteiger charge is 2.49. The summed E-state index contributed by atoms with van der Waals surface area (Å²) >= 11 is 6.40. The smallest absolute Gasteiger partial charge is 0.264 e. The number of benzene rings is 2. The van der Waals surface area contributed by atoms with Gasteiger partial charge in [-0.25, -0.2) is 13.1 Å². The summed E-state index contributed by atoms with van der Waals surface area (Å²) in [6, 6.07) is 11.6. The van der Waals surface area contributed by atoms with Crippen LogP contribution in [0.3, 0.4) is 0 Å². The zero-order chi connectivity index (χ0) is 38.8. The molecule has 1 spiro atoms. The van der Waals surface area contributed by atoms with E-state index in [2.05, 4.69) is 27.1 Å². The van der Waals surface area contributed by atoms with E-state index < -0.39 is 26.8 Å². The van der Waals surface area contributed by atoms with E-state index in [1.54, 1.807) is 32.2 Å². The number of ether oxygens (including phenoxy) is 2. The Bertz CT molecular complexity index is 1870. The number of methoxy groups -OCH3 is 1. The van der Waals surface area contributed by atoms with E-state index in [1.165, 1.54) is 11.1 Å². The van der Waals surface area contributed by atoms with Gasteiger partial charge in [0.15, 0.2) is 6.29 Å². The first-order chi connectivity index (χ1) is 25.7. The number of fused-ring (bicyclic) bond motifs is 4. The number of sulfonamides is 1. The Labute approximate surface area is 325 Å². The molecule has 54 heavy (non-hydrogen) atoms. The van der Waals surface area contributed by atoms with Gasteiger partial charge in [-0.2, -0.15) is 0 Å². The highest BCUT2D eigenvalue weighted by atomic mass is 35.5. The number of hydrogen-bond donors (Lipinski definition) is 2. The lowest BCUT2D eigenvalue weighted by Crippen LogP contribution is -2.53. The Morgan fingerprint density at radius 1 is 1.11 bits per heavy atom. The van der Waals surface area contributed by atoms with Crippen molar-refractivity contribution in [2.75, 3.05) is 51.3 Å². The van der Waals surface area contributed by atoms with Crippen molar-refractivity contribution in [3.8, 4) is 5.75 Å². The summed E-state index contributed by atoms with van der Waals surface area (Å²) in [6.45, 7) is 11.6. The number of aldehydes is 1. The standard InChI is InChI=1S/C34H41ClN2O6S.C7H14N2O/c1-22-6-4-15-34(20-38,42-3)29-11-8-26(29)18-37-19-33(14-5-7-24-16-27(35)10-12-28(24)33)21-43-31-13-9-25(17-30(31)37)32(39)36-44(40,41)23(22)2;1-6(2)9-4-3-8-5-7(9)10/h4,9-10,12-13,15-17,20,22-23,26,29H,5-8,11,14,18-19,21H2,1-3H3,(H,36,39);6,8H,3-5H2,1-2H3/b15-4+;/t22-,23+,26-,29+,33-,34-;/m0./s1. The molecular weight excluding hydrogens is 728 g/mol. The van der Waals surface area contributed by atoms with Crippen LogP contribution in [0, 0.1) is 17.8 Å². The fourth-order valence-electron chi connectivity index (χ4n) is 8.85. The summed E-state index contributed by atoms with van der Waals surface area (Å²) in [5, 5.41) is 2.91. The molecule has 0 aromatic heterocycles. The summed E-state index contributed by atoms with van der Waals surface area (Å²) in [6.07, 6.45) is 9.65. The van der Waals surface area contributed by atoms with Gasteiger partial charge in [-0.15, -0.1) is 0 Å². The minimum absolute atomic E-state index is 0.0434. The quantitative estimate of drug-likeness (QED) is 0.315. The van der Waals surface area contributed by atoms with Gasteiger partial charge in [-0.05, 0) is 119 Å². The van der Waals surface area contributed by atoms with Gasteiger partial charge >= 0.3 is 0 Å². The lowest BCUT2D eigenvalue weighted by atomic mass is 9.64. The Morgan fingerprint density at radius 3 is 2.57 bits per heavy atom. The molecule has 294 valence electrons. The van der Waals surface area contributed by atoms with Crippen LogP contribution in [0.1, 0.15) is 81.3 Å². The molecule has 3 aliphatic heterocycles. The molecule has 2 fully saturated rings. The number of hydrogen-bond acceptors (Lipinski definition) is 9. The largest absolute Gasteiger partial charge is 0.490 e. The maximum Gasteiger partial charge on any atom is 0.264 e. The maximum absolute atomic E-state index is 13.4. The minimum atomic E-state index is -3.97. The first-order valence-corrected chi connectivity index (χ1v) is 21.2. The predicted octanol–water partition coefficient (Wildman–Crippen LogP) is 5.29. The topological polar surface area (TPSA) is 134 Å². The second-order valence-corrected chi connectivity index (χ2v) is 18.5. The van der Waals surface area contributed by atoms with Gasteiger partial charge in [0.05, 0.1) is 24.1 Å². The summed E-state index contributed by atoms with van der Waals surface area (Å²) in [4.78, 5) is 41.4. The van der Waals surface area contributed by atoms with Crippen molar-refractivity contribution < 1.29 is 32.3 Å². The number of piperazine rings is 1. The number of anilines is 1. The van der Waals surface area contributed by atoms with E-state index in [4.69, 9.17) is 21.1 Å². The molecule has 1 saturated heterocycles. The predicted molar refractivity (Wildman–Crippen MR) is 211 cm³/mol. The Kier molecular flexibility index (Phi) is 12.2. The van der Waals surface area contributed by atoms with Crippen LogP contribution in [-0.2, 0) is 36.2 Å². The van der Waals surface area contributed by atoms with Gasteiger partial charge in [0.1, 0.15) is 11.4 Å². The van der Waals surface area contributed by atoms with Crippen molar-refractivity contribution in [3.05, 3.63) is 70.3 Å². The number of rotatable bonds is 3. The van der Waals surface area contributed by atoms with Crippen molar-refractivity contribution in [1.82, 2.24) is 14.9 Å². The van der Waals surface area contributed by atoms with Gasteiger partial charge < -0.3 is 24.6 Å². The van der Waals surface area contributed by atoms with Crippen molar-refractivity contribution >= 4 is 45.4 Å². The number of carbonyl (C=O) groups is 3. The van der Waals surface area contributed by atoms with Crippen molar-refractivity contribution in [1.29, 1.82) is 0 Å². The van der Waals surface area contributed by atoms with Gasteiger partial charge in [-0.3, -0.25) is 14.4 Å². The molecule has 5 aliphatic rings. The molecule has 1 saturated carbocycles. The molecule has 6 atom stereocenters. The van der Waals surface area contributed by atoms with Crippen LogP contribution in [0.5, 0.6) is 5.75 Å². The van der Waals surface area contributed by atoms with E-state index in [0.29, 0.717) is 49.5 Å². The zero-order valence-electron chi connectivity index (χ0n) is 32.1. The number of nitrogens with one attached hydrogen (secondary N) is 2. The highest BCUT2D eigenvalue weighted by molar-refractivity contribution is 7.90. The summed E-state index contributed by atoms with van der Waals surface area (Å²) in [7, 11) is -2.41. The number of halogens is 1. The second-order valence-electron chi connectivity index (χ2n) is 16.1. The highest BCUT2D eigenvalue weighted by Crippen LogP contribution is 2.48. The first-order valence-electron chi connectivity index (χ1n) is 19.3. The van der Waals surface area contributed by atoms with Crippen LogP contribution in [0.2, 0.25) is 5.02 Å². The number of amides is 2. The fraction of sp³-hybridized carbons (Fsp3) is 0.585. The molecule has 3 heterocycles. The first kappa shape index (κ1) is 40.2. The van der Waals surface area contributed by atoms with E-state index >= 15 is 0 Å². The molecule has 2 aliphatic carbocycles. The summed E-state index contributed by atoms with van der Waals surface area (Å²) in [5.74, 6) is 0.0207. The van der Waals surface area contributed by atoms with Crippen LogP contribution in [0.4, 0.5) is 5.69 Å². The third kappa shape index (κ3) is 8.08. The van der Waals surface area contributed by atoms with Gasteiger partial charge in [0, 0.05) is 61.2 Å². The van der Waals surface area contributed by atoms with Crippen molar-refractivity contribution in [3.63, 3.8) is 0 Å². The average molecular weight is 783 g/mol. The second kappa shape index (κ2) is 16.3. The molecule has 0 radical (unpaired) electrons. The number of aryl methyl sites for hydroxylation is 1. The number of nitrogens with zero attached hydrogens (tertiary/aromatic N) is 2. The molecule has 7 rings (SSSR count). The van der Waals surface area contributed by atoms with Crippen LogP contribution < -0.4 is 19.7 Å². The molecular formula is C41H55ClN4O7S. The van der Waals surface area contributed by atoms with Crippen molar-refractivity contribution in [2.24, 2.45) is 17.8 Å².